The molecule has 112 valence electrons. The third-order valence-electron chi connectivity index (χ3n) is 0. The van der Waals surface area contributed by atoms with E-state index in [0.717, 1.165) is 0 Å². The fraction of sp³-hybridized carbons (Fsp3) is 0.750. The van der Waals surface area contributed by atoms with Crippen molar-refractivity contribution in [1.82, 2.24) is 0 Å². The summed E-state index contributed by atoms with van der Waals surface area (Å²) in [4.78, 5) is 0. The maximum absolute atomic E-state index is 3.91. The molecule has 0 N–H and O–H groups in total. The van der Waals surface area contributed by atoms with Gasteiger partial charge in [-0.2, -0.15) is 0 Å². The van der Waals surface area contributed by atoms with Gasteiger partial charge in [0.2, 0.25) is 0 Å². The molecule has 0 aliphatic rings. The first-order chi connectivity index (χ1) is 6.00. The van der Waals surface area contributed by atoms with Crippen molar-refractivity contribution in [3.8, 4) is 0 Å². The number of halogens is 2. The zero-order valence-electron chi connectivity index (χ0n) is 13.8. The summed E-state index contributed by atoms with van der Waals surface area (Å²) in [6, 6.07) is 0. The Balaban J connectivity index is -0.0000000277. The second kappa shape index (κ2) is 15.4. The quantitative estimate of drug-likeness (QED) is 0.291. The van der Waals surface area contributed by atoms with Crippen LogP contribution in [0.25, 0.3) is 0 Å². The molecule has 0 saturated carbocycles. The van der Waals surface area contributed by atoms with Crippen molar-refractivity contribution in [2.45, 2.75) is 58.9 Å². The molecule has 0 bridgehead atoms. The Morgan fingerprint density at radius 1 is 0.444 bits per heavy atom. The van der Waals surface area contributed by atoms with E-state index in [9.17, 15) is 0 Å². The standard InChI is InChI=1S/3C4H11Si.2ClH.Ta/c3*1-5(2,3)4;;;/h3*1H2,2-4H3;2*1H;/q3*-1;;;+5/p-2. The normalized spacial score (nSPS) is 10.0. The van der Waals surface area contributed by atoms with Crippen molar-refractivity contribution in [2.24, 2.45) is 0 Å². The maximum Gasteiger partial charge on any atom is 5.00 e. The van der Waals surface area contributed by atoms with Gasteiger partial charge in [0, 0.05) is 0 Å². The molecule has 18 heavy (non-hydrogen) atoms. The molecule has 0 fully saturated rings. The van der Waals surface area contributed by atoms with E-state index in [1.807, 2.05) is 0 Å². The van der Waals surface area contributed by atoms with Crippen molar-refractivity contribution in [3.05, 3.63) is 19.6 Å². The Labute approximate surface area is 149 Å². The molecule has 0 aliphatic carbocycles. The van der Waals surface area contributed by atoms with Gasteiger partial charge in [0.25, 0.3) is 0 Å². The predicted molar refractivity (Wildman–Crippen MR) is 86.1 cm³/mol. The summed E-state index contributed by atoms with van der Waals surface area (Å²) < 4.78 is 0. The summed E-state index contributed by atoms with van der Waals surface area (Å²) >= 11 is 0. The minimum Gasteiger partial charge on any atom is -1.00 e. The molecule has 0 spiro atoms. The smallest absolute Gasteiger partial charge is 1.00 e. The van der Waals surface area contributed by atoms with Gasteiger partial charge in [-0.15, -0.1) is 24.2 Å². The number of hydrogen-bond acceptors (Lipinski definition) is 0. The molecule has 0 radical (unpaired) electrons. The SMILES string of the molecule is [CH2-][Si](C)(C)C.[CH2-][Si](C)(C)C.[CH2-][Si](C)(C)C.[Cl-].[Cl-].[Ta+5]. The van der Waals surface area contributed by atoms with Crippen molar-refractivity contribution in [3.63, 3.8) is 0 Å². The van der Waals surface area contributed by atoms with E-state index in [-0.39, 0.29) is 47.2 Å². The summed E-state index contributed by atoms with van der Waals surface area (Å²) in [6.45, 7) is 31.7. The molecule has 0 atom stereocenters. The summed E-state index contributed by atoms with van der Waals surface area (Å²) in [5.41, 5.74) is 0. The van der Waals surface area contributed by atoms with Crippen LogP contribution in [0.1, 0.15) is 0 Å². The van der Waals surface area contributed by atoms with Gasteiger partial charge >= 0.3 is 22.4 Å². The third-order valence-corrected chi connectivity index (χ3v) is 0. The molecule has 0 rings (SSSR count). The molecular formula is C12H33Cl2Si3Ta. The number of rotatable bonds is 0. The molecule has 0 unspecified atom stereocenters. The molecule has 0 nitrogen and oxygen atoms in total. The van der Waals surface area contributed by atoms with Crippen LogP contribution < -0.4 is 24.8 Å². The van der Waals surface area contributed by atoms with Crippen molar-refractivity contribution in [1.29, 1.82) is 0 Å². The van der Waals surface area contributed by atoms with E-state index in [1.54, 1.807) is 0 Å². The Morgan fingerprint density at radius 3 is 0.444 bits per heavy atom. The van der Waals surface area contributed by atoms with Crippen LogP contribution in [-0.4, -0.2) is 24.2 Å². The predicted octanol–water partition coefficient (Wildman–Crippen LogP) is -0.901. The monoisotopic (exact) mass is 512 g/mol. The first-order valence-corrected chi connectivity index (χ1v) is 16.7. The van der Waals surface area contributed by atoms with Crippen molar-refractivity contribution >= 4 is 24.2 Å². The van der Waals surface area contributed by atoms with Gasteiger partial charge in [-0.1, -0.05) is 58.9 Å². The Kier molecular flexibility index (Phi) is 31.4. The molecule has 6 heteroatoms. The van der Waals surface area contributed by atoms with E-state index >= 15 is 0 Å². The van der Waals surface area contributed by atoms with Crippen LogP contribution in [0.3, 0.4) is 0 Å². The van der Waals surface area contributed by atoms with Crippen LogP contribution in [0.4, 0.5) is 0 Å². The van der Waals surface area contributed by atoms with Gasteiger partial charge in [-0.3, -0.25) is 0 Å². The zero-order valence-corrected chi connectivity index (χ0v) is 21.5. The van der Waals surface area contributed by atoms with Crippen LogP contribution in [0.15, 0.2) is 0 Å². The van der Waals surface area contributed by atoms with Crippen LogP contribution in [0.2, 0.25) is 58.9 Å². The summed E-state index contributed by atoms with van der Waals surface area (Å²) in [5, 5.41) is 0. The molecular weight excluding hydrogens is 480 g/mol. The van der Waals surface area contributed by atoms with Crippen LogP contribution in [0, 0.1) is 19.6 Å². The van der Waals surface area contributed by atoms with Gasteiger partial charge in [0.1, 0.15) is 0 Å². The fourth-order valence-electron chi connectivity index (χ4n) is 0. The average Bonchev–Trinajstić information content (AvgIpc) is 1.41. The van der Waals surface area contributed by atoms with Gasteiger partial charge in [-0.05, 0) is 0 Å². The first kappa shape index (κ1) is 36.8. The van der Waals surface area contributed by atoms with Gasteiger partial charge in [-0.25, -0.2) is 0 Å². The molecule has 0 aromatic rings. The van der Waals surface area contributed by atoms with Crippen LogP contribution >= 0.6 is 0 Å². The van der Waals surface area contributed by atoms with Crippen molar-refractivity contribution in [2.75, 3.05) is 0 Å². The van der Waals surface area contributed by atoms with Crippen LogP contribution in [0.5, 0.6) is 0 Å². The van der Waals surface area contributed by atoms with Gasteiger partial charge in [0.15, 0.2) is 0 Å². The topological polar surface area (TPSA) is 0 Å². The van der Waals surface area contributed by atoms with Gasteiger partial charge < -0.3 is 44.5 Å². The summed E-state index contributed by atoms with van der Waals surface area (Å²) in [6.07, 6.45) is 0. The largest absolute Gasteiger partial charge is 5.00 e. The second-order valence-electron chi connectivity index (χ2n) is 7.68. The molecule has 0 aliphatic heterocycles. The van der Waals surface area contributed by atoms with Crippen LogP contribution in [-0.2, 0) is 22.4 Å². The van der Waals surface area contributed by atoms with E-state index in [1.165, 1.54) is 0 Å². The van der Waals surface area contributed by atoms with E-state index in [2.05, 4.69) is 78.6 Å². The first-order valence-electron chi connectivity index (χ1n) is 5.56. The zero-order chi connectivity index (χ0) is 13.5. The molecule has 0 heterocycles. The second-order valence-corrected chi connectivity index (χ2v) is 23.0. The van der Waals surface area contributed by atoms with Crippen molar-refractivity contribution < 1.29 is 47.2 Å². The maximum atomic E-state index is 3.91. The number of hydrogen-bond donors (Lipinski definition) is 0. The average molecular weight is 514 g/mol. The minimum atomic E-state index is -0.861. The molecule has 0 saturated heterocycles. The van der Waals surface area contributed by atoms with Gasteiger partial charge in [0.05, 0.1) is 0 Å². The molecule has 0 amide bonds. The van der Waals surface area contributed by atoms with E-state index in [0.29, 0.717) is 0 Å². The summed E-state index contributed by atoms with van der Waals surface area (Å²) in [7, 11) is -2.58. The Morgan fingerprint density at radius 2 is 0.444 bits per heavy atom. The fourth-order valence-corrected chi connectivity index (χ4v) is 0. The Hall–Kier alpha value is 1.97. The minimum absolute atomic E-state index is 0. The Bertz CT molecular complexity index is 100. The third kappa shape index (κ3) is 1330. The molecule has 0 aromatic heterocycles. The van der Waals surface area contributed by atoms with E-state index < -0.39 is 24.2 Å². The molecule has 0 aromatic carbocycles. The van der Waals surface area contributed by atoms with E-state index in [4.69, 9.17) is 0 Å². The summed E-state index contributed by atoms with van der Waals surface area (Å²) in [5.74, 6) is 0.